The monoisotopic (exact) mass is 343 g/mol. The van der Waals surface area contributed by atoms with Gasteiger partial charge in [0, 0.05) is 18.8 Å². The van der Waals surface area contributed by atoms with Gasteiger partial charge in [-0.15, -0.1) is 0 Å². The highest BCUT2D eigenvalue weighted by Crippen LogP contribution is 2.21. The summed E-state index contributed by atoms with van der Waals surface area (Å²) in [6, 6.07) is 5.55. The molecule has 1 fully saturated rings. The highest BCUT2D eigenvalue weighted by Gasteiger charge is 2.25. The number of pyridine rings is 1. The van der Waals surface area contributed by atoms with Crippen molar-refractivity contribution in [2.75, 3.05) is 18.4 Å². The maximum Gasteiger partial charge on any atom is 0.321 e. The number of anilines is 1. The molecule has 1 saturated heterocycles. The molecular weight excluding hydrogens is 318 g/mol. The number of hydrogen-bond donors (Lipinski definition) is 2. The molecule has 2 aromatic heterocycles. The molecule has 25 heavy (non-hydrogen) atoms. The van der Waals surface area contributed by atoms with Crippen LogP contribution in [0.1, 0.15) is 31.2 Å². The summed E-state index contributed by atoms with van der Waals surface area (Å²) in [5, 5.41) is 16.9. The third-order valence-corrected chi connectivity index (χ3v) is 4.73. The number of carbonyl (C=O) groups excluding carboxylic acids is 1. The van der Waals surface area contributed by atoms with Gasteiger partial charge in [-0.2, -0.15) is 5.10 Å². The van der Waals surface area contributed by atoms with Gasteiger partial charge in [0.1, 0.15) is 0 Å². The van der Waals surface area contributed by atoms with E-state index in [1.165, 1.54) is 0 Å². The van der Waals surface area contributed by atoms with Crippen LogP contribution >= 0.6 is 0 Å². The fourth-order valence-electron chi connectivity index (χ4n) is 3.23. The van der Waals surface area contributed by atoms with E-state index in [0.717, 1.165) is 30.0 Å². The Hall–Kier alpha value is -2.41. The number of piperidine rings is 1. The standard InChI is InChI=1S/C18H25N5O2/c1-12-10-13(2)23(21-12)17-5-4-16(11-19-17)20-18(25)22-8-6-15(7-9-22)14(3)24/h4-5,10-11,14-15,24H,6-9H2,1-3H3,(H,20,25). The maximum absolute atomic E-state index is 12.4. The quantitative estimate of drug-likeness (QED) is 0.897. The fraction of sp³-hybridized carbons (Fsp3) is 0.500. The molecule has 7 nitrogen and oxygen atoms in total. The number of urea groups is 1. The first-order chi connectivity index (χ1) is 11.9. The van der Waals surface area contributed by atoms with Crippen molar-refractivity contribution in [2.45, 2.75) is 39.7 Å². The molecule has 1 atom stereocenters. The average molecular weight is 343 g/mol. The largest absolute Gasteiger partial charge is 0.393 e. The molecule has 7 heteroatoms. The predicted molar refractivity (Wildman–Crippen MR) is 95.8 cm³/mol. The zero-order chi connectivity index (χ0) is 18.0. The van der Waals surface area contributed by atoms with Gasteiger partial charge in [0.25, 0.3) is 0 Å². The second-order valence-electron chi connectivity index (χ2n) is 6.74. The maximum atomic E-state index is 12.4. The van der Waals surface area contributed by atoms with Crippen molar-refractivity contribution < 1.29 is 9.90 Å². The molecule has 0 aromatic carbocycles. The number of nitrogens with one attached hydrogen (secondary N) is 1. The summed E-state index contributed by atoms with van der Waals surface area (Å²) in [5.41, 5.74) is 2.62. The third kappa shape index (κ3) is 3.99. The van der Waals surface area contributed by atoms with Crippen molar-refractivity contribution in [2.24, 2.45) is 5.92 Å². The summed E-state index contributed by atoms with van der Waals surface area (Å²) in [7, 11) is 0. The van der Waals surface area contributed by atoms with E-state index < -0.39 is 0 Å². The van der Waals surface area contributed by atoms with Gasteiger partial charge in [0.15, 0.2) is 5.82 Å². The Kier molecular flexibility index (Phi) is 5.03. The zero-order valence-electron chi connectivity index (χ0n) is 14.9. The van der Waals surface area contributed by atoms with Crippen molar-refractivity contribution >= 4 is 11.7 Å². The Labute approximate surface area is 147 Å². The Morgan fingerprint density at radius 2 is 2.04 bits per heavy atom. The Morgan fingerprint density at radius 3 is 2.56 bits per heavy atom. The number of hydrogen-bond acceptors (Lipinski definition) is 4. The topological polar surface area (TPSA) is 83.3 Å². The molecule has 1 aliphatic rings. The smallest absolute Gasteiger partial charge is 0.321 e. The molecule has 1 unspecified atom stereocenters. The molecular formula is C18H25N5O2. The summed E-state index contributed by atoms with van der Waals surface area (Å²) in [4.78, 5) is 18.5. The van der Waals surface area contributed by atoms with Gasteiger partial charge >= 0.3 is 6.03 Å². The first-order valence-corrected chi connectivity index (χ1v) is 8.67. The number of carbonyl (C=O) groups is 1. The molecule has 2 amide bonds. The first-order valence-electron chi connectivity index (χ1n) is 8.67. The van der Waals surface area contributed by atoms with Crippen molar-refractivity contribution in [3.63, 3.8) is 0 Å². The normalized spacial score (nSPS) is 16.7. The van der Waals surface area contributed by atoms with E-state index in [-0.39, 0.29) is 18.1 Å². The summed E-state index contributed by atoms with van der Waals surface area (Å²) in [6.45, 7) is 7.07. The van der Waals surface area contributed by atoms with E-state index in [0.29, 0.717) is 18.8 Å². The molecule has 3 rings (SSSR count). The molecule has 0 bridgehead atoms. The molecule has 0 saturated carbocycles. The minimum Gasteiger partial charge on any atom is -0.393 e. The van der Waals surface area contributed by atoms with E-state index in [2.05, 4.69) is 15.4 Å². The summed E-state index contributed by atoms with van der Waals surface area (Å²) in [6.07, 6.45) is 3.00. The second-order valence-corrected chi connectivity index (χ2v) is 6.74. The molecule has 2 N–H and O–H groups in total. The summed E-state index contributed by atoms with van der Waals surface area (Å²) in [5.74, 6) is 1.01. The molecule has 0 radical (unpaired) electrons. The van der Waals surface area contributed by atoms with Crippen LogP contribution in [0.2, 0.25) is 0 Å². The van der Waals surface area contributed by atoms with Gasteiger partial charge in [0.05, 0.1) is 23.7 Å². The van der Waals surface area contributed by atoms with Crippen LogP contribution in [-0.2, 0) is 0 Å². The van der Waals surface area contributed by atoms with Crippen LogP contribution in [0.4, 0.5) is 10.5 Å². The summed E-state index contributed by atoms with van der Waals surface area (Å²) >= 11 is 0. The number of aliphatic hydroxyl groups is 1. The summed E-state index contributed by atoms with van der Waals surface area (Å²) < 4.78 is 1.78. The van der Waals surface area contributed by atoms with E-state index in [4.69, 9.17) is 0 Å². The minimum atomic E-state index is -0.309. The van der Waals surface area contributed by atoms with Gasteiger partial charge in [-0.05, 0) is 57.7 Å². The lowest BCUT2D eigenvalue weighted by Gasteiger charge is -2.33. The van der Waals surface area contributed by atoms with E-state index in [1.807, 2.05) is 39.0 Å². The predicted octanol–water partition coefficient (Wildman–Crippen LogP) is 2.51. The van der Waals surface area contributed by atoms with E-state index >= 15 is 0 Å². The van der Waals surface area contributed by atoms with Crippen LogP contribution in [0.5, 0.6) is 0 Å². The number of nitrogens with zero attached hydrogens (tertiary/aromatic N) is 4. The number of aliphatic hydroxyl groups excluding tert-OH is 1. The van der Waals surface area contributed by atoms with Gasteiger partial charge in [0.2, 0.25) is 0 Å². The highest BCUT2D eigenvalue weighted by molar-refractivity contribution is 5.89. The number of rotatable bonds is 3. The molecule has 0 aliphatic carbocycles. The Morgan fingerprint density at radius 1 is 1.32 bits per heavy atom. The van der Waals surface area contributed by atoms with Crippen molar-refractivity contribution in [1.29, 1.82) is 0 Å². The Bertz CT molecular complexity index is 730. The van der Waals surface area contributed by atoms with Crippen LogP contribution < -0.4 is 5.32 Å². The van der Waals surface area contributed by atoms with Gasteiger partial charge in [-0.25, -0.2) is 14.5 Å². The minimum absolute atomic E-state index is 0.121. The first kappa shape index (κ1) is 17.4. The lowest BCUT2D eigenvalue weighted by atomic mass is 9.92. The van der Waals surface area contributed by atoms with Gasteiger partial charge < -0.3 is 15.3 Å². The van der Waals surface area contributed by atoms with E-state index in [9.17, 15) is 9.90 Å². The lowest BCUT2D eigenvalue weighted by molar-refractivity contribution is 0.0820. The van der Waals surface area contributed by atoms with Gasteiger partial charge in [-0.1, -0.05) is 0 Å². The molecule has 3 heterocycles. The third-order valence-electron chi connectivity index (χ3n) is 4.73. The Balaban J connectivity index is 1.60. The van der Waals surface area contributed by atoms with Crippen molar-refractivity contribution in [3.05, 3.63) is 35.8 Å². The number of aryl methyl sites for hydroxylation is 2. The number of amides is 2. The highest BCUT2D eigenvalue weighted by atomic mass is 16.3. The van der Waals surface area contributed by atoms with Crippen molar-refractivity contribution in [3.8, 4) is 5.82 Å². The number of likely N-dealkylation sites (tertiary alicyclic amines) is 1. The zero-order valence-corrected chi connectivity index (χ0v) is 14.9. The second kappa shape index (κ2) is 7.23. The average Bonchev–Trinajstić information content (AvgIpc) is 2.94. The van der Waals surface area contributed by atoms with Crippen LogP contribution in [0.3, 0.4) is 0 Å². The number of aromatic nitrogens is 3. The van der Waals surface area contributed by atoms with E-state index in [1.54, 1.807) is 15.8 Å². The molecule has 134 valence electrons. The van der Waals surface area contributed by atoms with Gasteiger partial charge in [-0.3, -0.25) is 0 Å². The molecule has 0 spiro atoms. The van der Waals surface area contributed by atoms with Crippen LogP contribution in [0, 0.1) is 19.8 Å². The lowest BCUT2D eigenvalue weighted by Crippen LogP contribution is -2.42. The molecule has 1 aliphatic heterocycles. The van der Waals surface area contributed by atoms with Crippen LogP contribution in [0.25, 0.3) is 5.82 Å². The fourth-order valence-corrected chi connectivity index (χ4v) is 3.23. The van der Waals surface area contributed by atoms with Crippen molar-refractivity contribution in [1.82, 2.24) is 19.7 Å². The SMILES string of the molecule is Cc1cc(C)n(-c2ccc(NC(=O)N3CCC(C(C)O)CC3)cn2)n1. The van der Waals surface area contributed by atoms with Crippen LogP contribution in [-0.4, -0.2) is 50.0 Å². The molecule has 2 aromatic rings. The van der Waals surface area contributed by atoms with Crippen LogP contribution in [0.15, 0.2) is 24.4 Å².